The van der Waals surface area contributed by atoms with Gasteiger partial charge in [0.15, 0.2) is 6.61 Å². The number of hydrogen-bond donors (Lipinski definition) is 1. The van der Waals surface area contributed by atoms with E-state index in [1.54, 1.807) is 49.6 Å². The molecule has 4 rings (SSSR count). The lowest BCUT2D eigenvalue weighted by Gasteiger charge is -2.10. The highest BCUT2D eigenvalue weighted by Gasteiger charge is 2.16. The molecule has 8 heteroatoms. The first kappa shape index (κ1) is 20.4. The third kappa shape index (κ3) is 5.02. The molecule has 1 heterocycles. The van der Waals surface area contributed by atoms with E-state index in [9.17, 15) is 4.79 Å². The third-order valence-electron chi connectivity index (χ3n) is 4.36. The maximum atomic E-state index is 12.2. The van der Waals surface area contributed by atoms with E-state index < -0.39 is 0 Å². The van der Waals surface area contributed by atoms with Crippen LogP contribution in [-0.4, -0.2) is 29.8 Å². The predicted octanol–water partition coefficient (Wildman–Crippen LogP) is 5.08. The minimum Gasteiger partial charge on any atom is -0.497 e. The molecule has 0 radical (unpaired) electrons. The summed E-state index contributed by atoms with van der Waals surface area (Å²) in [5.74, 6) is 1.60. The van der Waals surface area contributed by atoms with E-state index in [1.807, 2.05) is 30.3 Å². The molecule has 7 nitrogen and oxygen atoms in total. The van der Waals surface area contributed by atoms with Gasteiger partial charge in [-0.3, -0.25) is 4.79 Å². The number of anilines is 1. The monoisotopic (exact) mass is 435 g/mol. The second-order valence-electron chi connectivity index (χ2n) is 6.49. The molecular formula is C23H18ClN3O4. The first-order valence-corrected chi connectivity index (χ1v) is 9.76. The molecule has 0 atom stereocenters. The van der Waals surface area contributed by atoms with Crippen molar-refractivity contribution in [1.29, 1.82) is 0 Å². The van der Waals surface area contributed by atoms with Crippen LogP contribution in [0.25, 0.3) is 22.8 Å². The van der Waals surface area contributed by atoms with Crippen LogP contribution in [0.1, 0.15) is 0 Å². The van der Waals surface area contributed by atoms with E-state index in [1.165, 1.54) is 0 Å². The van der Waals surface area contributed by atoms with Crippen molar-refractivity contribution in [3.63, 3.8) is 0 Å². The van der Waals surface area contributed by atoms with Crippen LogP contribution in [0.5, 0.6) is 11.5 Å². The number of carbonyl (C=O) groups is 1. The Balaban J connectivity index is 1.47. The van der Waals surface area contributed by atoms with Gasteiger partial charge in [-0.25, -0.2) is 0 Å². The van der Waals surface area contributed by atoms with Gasteiger partial charge in [0.1, 0.15) is 11.5 Å². The number of benzene rings is 3. The SMILES string of the molecule is COc1ccc(-c2noc(-c3ccccc3OCC(=O)Nc3cccc(Cl)c3)n2)cc1. The Morgan fingerprint density at radius 1 is 1.06 bits per heavy atom. The highest BCUT2D eigenvalue weighted by Crippen LogP contribution is 2.30. The standard InChI is InChI=1S/C23H18ClN3O4/c1-29-18-11-9-15(10-12-18)22-26-23(31-27-22)19-7-2-3-8-20(19)30-14-21(28)25-17-6-4-5-16(24)13-17/h2-13H,14H2,1H3,(H,25,28). The van der Waals surface area contributed by atoms with E-state index in [-0.39, 0.29) is 18.4 Å². The molecule has 0 saturated carbocycles. The number of para-hydroxylation sites is 1. The quantitative estimate of drug-likeness (QED) is 0.435. The fourth-order valence-electron chi connectivity index (χ4n) is 2.87. The molecule has 156 valence electrons. The average molecular weight is 436 g/mol. The summed E-state index contributed by atoms with van der Waals surface area (Å²) in [6, 6.07) is 21.4. The van der Waals surface area contributed by atoms with E-state index >= 15 is 0 Å². The highest BCUT2D eigenvalue weighted by atomic mass is 35.5. The summed E-state index contributed by atoms with van der Waals surface area (Å²) in [6.45, 7) is -0.191. The Morgan fingerprint density at radius 2 is 1.87 bits per heavy atom. The summed E-state index contributed by atoms with van der Waals surface area (Å²) in [5.41, 5.74) is 1.97. The molecular weight excluding hydrogens is 418 g/mol. The molecule has 0 spiro atoms. The van der Waals surface area contributed by atoms with Gasteiger partial charge in [-0.05, 0) is 54.6 Å². The Labute approximate surface area is 183 Å². The van der Waals surface area contributed by atoms with E-state index in [0.717, 1.165) is 11.3 Å². The summed E-state index contributed by atoms with van der Waals surface area (Å²) in [7, 11) is 1.60. The van der Waals surface area contributed by atoms with Gasteiger partial charge in [-0.2, -0.15) is 4.98 Å². The molecule has 31 heavy (non-hydrogen) atoms. The van der Waals surface area contributed by atoms with Crippen molar-refractivity contribution in [2.45, 2.75) is 0 Å². The number of amides is 1. The van der Waals surface area contributed by atoms with E-state index in [2.05, 4.69) is 15.5 Å². The van der Waals surface area contributed by atoms with Crippen LogP contribution < -0.4 is 14.8 Å². The minimum atomic E-state index is -0.318. The summed E-state index contributed by atoms with van der Waals surface area (Å²) in [5, 5.41) is 7.32. The van der Waals surface area contributed by atoms with Gasteiger partial charge in [-0.15, -0.1) is 0 Å². The largest absolute Gasteiger partial charge is 0.497 e. The van der Waals surface area contributed by atoms with Crippen LogP contribution in [-0.2, 0) is 4.79 Å². The zero-order chi connectivity index (χ0) is 21.6. The molecule has 0 fully saturated rings. The fourth-order valence-corrected chi connectivity index (χ4v) is 3.06. The molecule has 0 aliphatic carbocycles. The molecule has 1 amide bonds. The first-order chi connectivity index (χ1) is 15.1. The topological polar surface area (TPSA) is 86.5 Å². The number of nitrogens with one attached hydrogen (secondary N) is 1. The second kappa shape index (κ2) is 9.32. The molecule has 0 saturated heterocycles. The number of rotatable bonds is 7. The van der Waals surface area contributed by atoms with Gasteiger partial charge in [0.05, 0.1) is 12.7 Å². The zero-order valence-electron chi connectivity index (χ0n) is 16.5. The van der Waals surface area contributed by atoms with Crippen LogP contribution in [0.3, 0.4) is 0 Å². The Bertz CT molecular complexity index is 1190. The van der Waals surface area contributed by atoms with E-state index in [4.69, 9.17) is 25.6 Å². The summed E-state index contributed by atoms with van der Waals surface area (Å²) < 4.78 is 16.3. The number of halogens is 1. The van der Waals surface area contributed by atoms with Crippen molar-refractivity contribution in [3.05, 3.63) is 77.8 Å². The van der Waals surface area contributed by atoms with Crippen LogP contribution in [0, 0.1) is 0 Å². The maximum Gasteiger partial charge on any atom is 0.262 e. The number of ether oxygens (including phenoxy) is 2. The first-order valence-electron chi connectivity index (χ1n) is 9.38. The summed E-state index contributed by atoms with van der Waals surface area (Å²) in [4.78, 5) is 16.7. The lowest BCUT2D eigenvalue weighted by molar-refractivity contribution is -0.118. The lowest BCUT2D eigenvalue weighted by atomic mass is 10.2. The Hall–Kier alpha value is -3.84. The van der Waals surface area contributed by atoms with Crippen molar-refractivity contribution in [3.8, 4) is 34.3 Å². The molecule has 0 aliphatic heterocycles. The normalized spacial score (nSPS) is 10.5. The van der Waals surface area contributed by atoms with Gasteiger partial charge in [0, 0.05) is 16.3 Å². The number of aromatic nitrogens is 2. The molecule has 0 aliphatic rings. The number of carbonyl (C=O) groups excluding carboxylic acids is 1. The third-order valence-corrected chi connectivity index (χ3v) is 4.59. The Kier molecular flexibility index (Phi) is 6.14. The van der Waals surface area contributed by atoms with Crippen LogP contribution >= 0.6 is 11.6 Å². The fraction of sp³-hybridized carbons (Fsp3) is 0.0870. The van der Waals surface area contributed by atoms with Crippen molar-refractivity contribution in [2.75, 3.05) is 19.0 Å². The van der Waals surface area contributed by atoms with Crippen LogP contribution in [0.15, 0.2) is 77.3 Å². The number of hydrogen-bond acceptors (Lipinski definition) is 6. The van der Waals surface area contributed by atoms with Crippen molar-refractivity contribution < 1.29 is 18.8 Å². The van der Waals surface area contributed by atoms with Crippen molar-refractivity contribution in [1.82, 2.24) is 10.1 Å². The predicted molar refractivity (Wildman–Crippen MR) is 117 cm³/mol. The molecule has 4 aromatic rings. The molecule has 3 aromatic carbocycles. The van der Waals surface area contributed by atoms with Crippen LogP contribution in [0.4, 0.5) is 5.69 Å². The number of methoxy groups -OCH3 is 1. The average Bonchev–Trinajstić information content (AvgIpc) is 3.28. The smallest absolute Gasteiger partial charge is 0.262 e. The molecule has 0 unspecified atom stereocenters. The second-order valence-corrected chi connectivity index (χ2v) is 6.93. The Morgan fingerprint density at radius 3 is 2.65 bits per heavy atom. The molecule has 1 aromatic heterocycles. The summed E-state index contributed by atoms with van der Waals surface area (Å²) in [6.07, 6.45) is 0. The molecule has 1 N–H and O–H groups in total. The maximum absolute atomic E-state index is 12.2. The highest BCUT2D eigenvalue weighted by molar-refractivity contribution is 6.30. The van der Waals surface area contributed by atoms with Gasteiger partial charge in [-0.1, -0.05) is 35.0 Å². The van der Waals surface area contributed by atoms with Gasteiger partial charge in [0.25, 0.3) is 11.8 Å². The van der Waals surface area contributed by atoms with E-state index in [0.29, 0.717) is 27.8 Å². The van der Waals surface area contributed by atoms with Gasteiger partial charge in [0.2, 0.25) is 5.82 Å². The molecule has 0 bridgehead atoms. The van der Waals surface area contributed by atoms with Crippen LogP contribution in [0.2, 0.25) is 5.02 Å². The van der Waals surface area contributed by atoms with Crippen molar-refractivity contribution >= 4 is 23.2 Å². The summed E-state index contributed by atoms with van der Waals surface area (Å²) >= 11 is 5.94. The van der Waals surface area contributed by atoms with Gasteiger partial charge >= 0.3 is 0 Å². The number of nitrogens with zero attached hydrogens (tertiary/aromatic N) is 2. The lowest BCUT2D eigenvalue weighted by Crippen LogP contribution is -2.20. The van der Waals surface area contributed by atoms with Gasteiger partial charge < -0.3 is 19.3 Å². The minimum absolute atomic E-state index is 0.191. The van der Waals surface area contributed by atoms with Crippen molar-refractivity contribution in [2.24, 2.45) is 0 Å². The zero-order valence-corrected chi connectivity index (χ0v) is 17.3.